The number of aromatic nitrogens is 3. The molecule has 0 bridgehead atoms. The van der Waals surface area contributed by atoms with Crippen molar-refractivity contribution in [2.75, 3.05) is 0 Å². The third-order valence-corrected chi connectivity index (χ3v) is 5.68. The lowest BCUT2D eigenvalue weighted by Gasteiger charge is -2.40. The van der Waals surface area contributed by atoms with Gasteiger partial charge in [0.1, 0.15) is 12.2 Å². The molecule has 5 nitrogen and oxygen atoms in total. The van der Waals surface area contributed by atoms with Crippen LogP contribution in [0.5, 0.6) is 0 Å². The van der Waals surface area contributed by atoms with E-state index in [2.05, 4.69) is 20.5 Å². The minimum Gasteiger partial charge on any atom is -0.343 e. The molecule has 1 aromatic carbocycles. The molecule has 2 aliphatic rings. The van der Waals surface area contributed by atoms with E-state index in [4.69, 9.17) is 23.2 Å². The zero-order valence-corrected chi connectivity index (χ0v) is 13.9. The number of carbonyl (C=O) groups is 1. The van der Waals surface area contributed by atoms with Gasteiger partial charge in [0, 0.05) is 5.92 Å². The molecule has 2 N–H and O–H groups in total. The molecule has 2 atom stereocenters. The summed E-state index contributed by atoms with van der Waals surface area (Å²) < 4.78 is 0. The van der Waals surface area contributed by atoms with E-state index in [1.165, 1.54) is 6.33 Å². The first-order valence-corrected chi connectivity index (χ1v) is 8.47. The highest BCUT2D eigenvalue weighted by atomic mass is 35.5. The van der Waals surface area contributed by atoms with Gasteiger partial charge in [-0.3, -0.25) is 9.89 Å². The van der Waals surface area contributed by atoms with Crippen molar-refractivity contribution in [2.45, 2.75) is 37.1 Å². The topological polar surface area (TPSA) is 70.7 Å². The maximum atomic E-state index is 12.6. The smallest absolute Gasteiger partial charge is 0.224 e. The predicted octanol–water partition coefficient (Wildman–Crippen LogP) is 3.41. The Balaban J connectivity index is 1.46. The fourth-order valence-electron chi connectivity index (χ4n) is 3.31. The highest BCUT2D eigenvalue weighted by Gasteiger charge is 2.49. The van der Waals surface area contributed by atoms with E-state index in [0.717, 1.165) is 37.1 Å². The lowest BCUT2D eigenvalue weighted by atomic mass is 9.76. The molecule has 1 aromatic heterocycles. The molecule has 1 amide bonds. The van der Waals surface area contributed by atoms with Crippen LogP contribution in [0.3, 0.4) is 0 Å². The van der Waals surface area contributed by atoms with Gasteiger partial charge < -0.3 is 5.32 Å². The molecule has 2 aliphatic carbocycles. The number of nitrogens with zero attached hydrogens (tertiary/aromatic N) is 2. The normalized spacial score (nSPS) is 24.8. The maximum Gasteiger partial charge on any atom is 0.224 e. The molecule has 7 heteroatoms. The van der Waals surface area contributed by atoms with Gasteiger partial charge in [0.05, 0.1) is 15.6 Å². The number of H-pyrrole nitrogens is 1. The third-order valence-electron chi connectivity index (χ3n) is 4.94. The van der Waals surface area contributed by atoms with Crippen LogP contribution in [0.4, 0.5) is 0 Å². The summed E-state index contributed by atoms with van der Waals surface area (Å²) in [5, 5.41) is 11.1. The van der Waals surface area contributed by atoms with Gasteiger partial charge in [0.2, 0.25) is 5.91 Å². The van der Waals surface area contributed by atoms with E-state index in [9.17, 15) is 4.79 Å². The number of halogens is 2. The summed E-state index contributed by atoms with van der Waals surface area (Å²) in [7, 11) is 0. The number of carbonyl (C=O) groups excluding carboxylic acids is 1. The van der Waals surface area contributed by atoms with Crippen LogP contribution in [-0.2, 0) is 10.3 Å². The Morgan fingerprint density at radius 1 is 1.30 bits per heavy atom. The molecule has 2 aromatic rings. The largest absolute Gasteiger partial charge is 0.343 e. The highest BCUT2D eigenvalue weighted by Crippen LogP contribution is 2.50. The van der Waals surface area contributed by atoms with Gasteiger partial charge in [0.15, 0.2) is 0 Å². The summed E-state index contributed by atoms with van der Waals surface area (Å²) in [5.41, 5.74) is 0.708. The summed E-state index contributed by atoms with van der Waals surface area (Å²) in [6, 6.07) is 5.59. The van der Waals surface area contributed by atoms with Crippen LogP contribution in [0.1, 0.15) is 43.0 Å². The molecular weight excluding hydrogens is 335 g/mol. The van der Waals surface area contributed by atoms with Crippen LogP contribution < -0.4 is 5.32 Å². The van der Waals surface area contributed by atoms with Gasteiger partial charge in [-0.1, -0.05) is 29.3 Å². The first-order valence-electron chi connectivity index (χ1n) is 7.72. The van der Waals surface area contributed by atoms with Crippen molar-refractivity contribution >= 4 is 29.1 Å². The Bertz CT molecular complexity index is 743. The van der Waals surface area contributed by atoms with Crippen LogP contribution in [-0.4, -0.2) is 21.1 Å². The molecule has 23 heavy (non-hydrogen) atoms. The Morgan fingerprint density at radius 3 is 2.74 bits per heavy atom. The first-order chi connectivity index (χ1) is 11.1. The second kappa shape index (κ2) is 5.49. The van der Waals surface area contributed by atoms with Crippen molar-refractivity contribution in [3.63, 3.8) is 0 Å². The van der Waals surface area contributed by atoms with E-state index in [1.807, 2.05) is 12.1 Å². The van der Waals surface area contributed by atoms with Crippen LogP contribution in [0, 0.1) is 5.92 Å². The van der Waals surface area contributed by atoms with Crippen LogP contribution in [0.15, 0.2) is 24.5 Å². The predicted molar refractivity (Wildman–Crippen MR) is 87.4 cm³/mol. The SMILES string of the molecule is O=C(NC1(c2ncn[nH]2)CCC1)[C@H]1C[C@@H]1c1ccc(Cl)c(Cl)c1. The molecule has 120 valence electrons. The van der Waals surface area contributed by atoms with Gasteiger partial charge in [-0.25, -0.2) is 4.98 Å². The lowest BCUT2D eigenvalue weighted by molar-refractivity contribution is -0.125. The third kappa shape index (κ3) is 2.62. The Morgan fingerprint density at radius 2 is 2.13 bits per heavy atom. The van der Waals surface area contributed by atoms with Crippen molar-refractivity contribution < 1.29 is 4.79 Å². The van der Waals surface area contributed by atoms with Gasteiger partial charge in [-0.05, 0) is 49.3 Å². The molecule has 4 rings (SSSR count). The van der Waals surface area contributed by atoms with Crippen molar-refractivity contribution in [3.8, 4) is 0 Å². The summed E-state index contributed by atoms with van der Waals surface area (Å²) in [6.07, 6.45) is 5.21. The minimum absolute atomic E-state index is 0.00682. The summed E-state index contributed by atoms with van der Waals surface area (Å²) in [5.74, 6) is 1.05. The second-order valence-electron chi connectivity index (χ2n) is 6.38. The Kier molecular flexibility index (Phi) is 3.58. The van der Waals surface area contributed by atoms with Gasteiger partial charge in [-0.15, -0.1) is 0 Å². The van der Waals surface area contributed by atoms with Crippen LogP contribution >= 0.6 is 23.2 Å². The van der Waals surface area contributed by atoms with E-state index >= 15 is 0 Å². The molecular formula is C16H16Cl2N4O. The average Bonchev–Trinajstić information content (AvgIpc) is 3.11. The first kappa shape index (κ1) is 15.0. The monoisotopic (exact) mass is 350 g/mol. The standard InChI is InChI=1S/C16H16Cl2N4O/c17-12-3-2-9(6-13(12)18)10-7-11(10)14(23)21-16(4-1-5-16)15-19-8-20-22-15/h2-3,6,8,10-11H,1,4-5,7H2,(H,21,23)(H,19,20,22)/t10-,11+/m1/s1. The quantitative estimate of drug-likeness (QED) is 0.887. The molecule has 0 unspecified atom stereocenters. The van der Waals surface area contributed by atoms with Gasteiger partial charge in [-0.2, -0.15) is 5.10 Å². The number of hydrogen-bond donors (Lipinski definition) is 2. The summed E-state index contributed by atoms with van der Waals surface area (Å²) in [4.78, 5) is 16.8. The highest BCUT2D eigenvalue weighted by molar-refractivity contribution is 6.42. The van der Waals surface area contributed by atoms with Crippen molar-refractivity contribution in [1.29, 1.82) is 0 Å². The number of hydrogen-bond acceptors (Lipinski definition) is 3. The molecule has 0 spiro atoms. The minimum atomic E-state index is -0.363. The zero-order chi connectivity index (χ0) is 16.0. The Labute approximate surface area is 143 Å². The molecule has 0 radical (unpaired) electrons. The molecule has 0 saturated heterocycles. The number of benzene rings is 1. The van der Waals surface area contributed by atoms with Crippen molar-refractivity contribution in [3.05, 3.63) is 46.0 Å². The van der Waals surface area contributed by atoms with Crippen LogP contribution in [0.2, 0.25) is 10.0 Å². The summed E-state index contributed by atoms with van der Waals surface area (Å²) >= 11 is 12.0. The van der Waals surface area contributed by atoms with Gasteiger partial charge >= 0.3 is 0 Å². The van der Waals surface area contributed by atoms with E-state index in [-0.39, 0.29) is 23.3 Å². The molecule has 2 saturated carbocycles. The lowest BCUT2D eigenvalue weighted by Crippen LogP contribution is -2.52. The number of nitrogens with one attached hydrogen (secondary N) is 2. The maximum absolute atomic E-state index is 12.6. The molecule has 1 heterocycles. The van der Waals surface area contributed by atoms with Crippen LogP contribution in [0.25, 0.3) is 0 Å². The summed E-state index contributed by atoms with van der Waals surface area (Å²) in [6.45, 7) is 0. The fraction of sp³-hybridized carbons (Fsp3) is 0.438. The van der Waals surface area contributed by atoms with Gasteiger partial charge in [0.25, 0.3) is 0 Å². The number of rotatable bonds is 4. The second-order valence-corrected chi connectivity index (χ2v) is 7.20. The fourth-order valence-corrected chi connectivity index (χ4v) is 3.62. The number of aromatic amines is 1. The van der Waals surface area contributed by atoms with E-state index in [1.54, 1.807) is 6.07 Å². The molecule has 2 fully saturated rings. The Hall–Kier alpha value is -1.59. The van der Waals surface area contributed by atoms with Crippen molar-refractivity contribution in [1.82, 2.24) is 20.5 Å². The zero-order valence-electron chi connectivity index (χ0n) is 12.4. The van der Waals surface area contributed by atoms with Crippen molar-refractivity contribution in [2.24, 2.45) is 5.92 Å². The number of amides is 1. The van der Waals surface area contributed by atoms with E-state index in [0.29, 0.717) is 10.0 Å². The van der Waals surface area contributed by atoms with E-state index < -0.39 is 0 Å². The molecule has 0 aliphatic heterocycles. The average molecular weight is 351 g/mol.